The van der Waals surface area contributed by atoms with Crippen LogP contribution in [0.15, 0.2) is 17.0 Å². The largest absolute Gasteiger partial charge is 0.297 e. The number of hydrogen-bond donors (Lipinski definition) is 0. The summed E-state index contributed by atoms with van der Waals surface area (Å²) in [7, 11) is -3.54. The molecule has 18 heavy (non-hydrogen) atoms. The zero-order valence-electron chi connectivity index (χ0n) is 11.4. The molecule has 0 aromatic heterocycles. The van der Waals surface area contributed by atoms with Crippen LogP contribution in [-0.4, -0.2) is 15.0 Å². The number of hydrogen-bond acceptors (Lipinski definition) is 3. The Hall–Kier alpha value is -0.870. The van der Waals surface area contributed by atoms with Gasteiger partial charge in [0, 0.05) is 0 Å². The smallest absolute Gasteiger partial charge is 0.266 e. The van der Waals surface area contributed by atoms with Crippen LogP contribution in [0.25, 0.3) is 0 Å². The fourth-order valence-corrected chi connectivity index (χ4v) is 3.84. The van der Waals surface area contributed by atoms with Crippen molar-refractivity contribution in [2.24, 2.45) is 0 Å². The van der Waals surface area contributed by atoms with Gasteiger partial charge in [0.2, 0.25) is 0 Å². The predicted molar refractivity (Wildman–Crippen MR) is 71.5 cm³/mol. The summed E-state index contributed by atoms with van der Waals surface area (Å²) >= 11 is 0. The van der Waals surface area contributed by atoms with E-state index in [1.54, 1.807) is 6.07 Å². The lowest BCUT2D eigenvalue weighted by Crippen LogP contribution is -2.21. The molecule has 4 heteroatoms. The molecule has 0 spiro atoms. The fraction of sp³-hybridized carbons (Fsp3) is 0.571. The summed E-state index contributed by atoms with van der Waals surface area (Å²) in [6.07, 6.45) is 0.683. The minimum atomic E-state index is -3.54. The standard InChI is InChI=1S/C14H20O3S/c1-9(2)11-5-6-13-12(14(11)10(3)4)7-8-17-18(13,15)16/h5-6,9-10H,7-8H2,1-4H3. The molecule has 0 saturated carbocycles. The average Bonchev–Trinajstić information content (AvgIpc) is 2.26. The monoisotopic (exact) mass is 268 g/mol. The third-order valence-corrected chi connectivity index (χ3v) is 4.81. The van der Waals surface area contributed by atoms with E-state index in [-0.39, 0.29) is 6.61 Å². The normalized spacial score (nSPS) is 18.1. The second-order valence-electron chi connectivity index (χ2n) is 5.38. The van der Waals surface area contributed by atoms with E-state index < -0.39 is 10.1 Å². The molecule has 0 bridgehead atoms. The Morgan fingerprint density at radius 3 is 2.33 bits per heavy atom. The van der Waals surface area contributed by atoms with Gasteiger partial charge in [0.15, 0.2) is 0 Å². The third-order valence-electron chi connectivity index (χ3n) is 3.41. The zero-order chi connectivity index (χ0) is 13.5. The number of benzene rings is 1. The summed E-state index contributed by atoms with van der Waals surface area (Å²) in [4.78, 5) is 0.363. The average molecular weight is 268 g/mol. The van der Waals surface area contributed by atoms with Gasteiger partial charge in [0.1, 0.15) is 0 Å². The van der Waals surface area contributed by atoms with Crippen LogP contribution in [0.2, 0.25) is 0 Å². The minimum absolute atomic E-state index is 0.261. The molecular weight excluding hydrogens is 248 g/mol. The van der Waals surface area contributed by atoms with Crippen molar-refractivity contribution in [1.82, 2.24) is 0 Å². The highest BCUT2D eigenvalue weighted by Gasteiger charge is 2.28. The highest BCUT2D eigenvalue weighted by atomic mass is 32.2. The Morgan fingerprint density at radius 2 is 1.78 bits per heavy atom. The molecule has 1 aromatic carbocycles. The van der Waals surface area contributed by atoms with Crippen LogP contribution in [0.4, 0.5) is 0 Å². The lowest BCUT2D eigenvalue weighted by Gasteiger charge is -2.25. The molecule has 0 amide bonds. The highest BCUT2D eigenvalue weighted by Crippen LogP contribution is 2.36. The first-order valence-electron chi connectivity index (χ1n) is 6.39. The molecule has 2 rings (SSSR count). The van der Waals surface area contributed by atoms with E-state index in [4.69, 9.17) is 4.18 Å². The van der Waals surface area contributed by atoms with Gasteiger partial charge in [-0.05, 0) is 41.0 Å². The van der Waals surface area contributed by atoms with Crippen LogP contribution >= 0.6 is 0 Å². The summed E-state index contributed by atoms with van der Waals surface area (Å²) in [5, 5.41) is 0. The molecular formula is C14H20O3S. The molecule has 0 atom stereocenters. The van der Waals surface area contributed by atoms with Crippen molar-refractivity contribution in [2.75, 3.05) is 6.61 Å². The first-order valence-corrected chi connectivity index (χ1v) is 7.80. The topological polar surface area (TPSA) is 43.4 Å². The van der Waals surface area contributed by atoms with Crippen molar-refractivity contribution in [1.29, 1.82) is 0 Å². The summed E-state index contributed by atoms with van der Waals surface area (Å²) in [6.45, 7) is 8.77. The van der Waals surface area contributed by atoms with Gasteiger partial charge in [-0.3, -0.25) is 4.18 Å². The van der Waals surface area contributed by atoms with Crippen molar-refractivity contribution in [3.8, 4) is 0 Å². The van der Waals surface area contributed by atoms with Crippen LogP contribution in [0.3, 0.4) is 0 Å². The molecule has 0 saturated heterocycles. The lowest BCUT2D eigenvalue weighted by atomic mass is 9.86. The van der Waals surface area contributed by atoms with E-state index in [9.17, 15) is 8.42 Å². The Labute approximate surface area is 109 Å². The Kier molecular flexibility index (Phi) is 3.52. The quantitative estimate of drug-likeness (QED) is 0.774. The van der Waals surface area contributed by atoms with Crippen LogP contribution in [0.1, 0.15) is 56.2 Å². The second kappa shape index (κ2) is 4.67. The first-order chi connectivity index (χ1) is 8.34. The SMILES string of the molecule is CC(C)c1ccc2c(c1C(C)C)CCOS2(=O)=O. The maximum absolute atomic E-state index is 11.9. The molecule has 0 fully saturated rings. The van der Waals surface area contributed by atoms with Crippen LogP contribution in [-0.2, 0) is 20.7 Å². The number of fused-ring (bicyclic) bond motifs is 1. The fourth-order valence-electron chi connectivity index (χ4n) is 2.66. The number of rotatable bonds is 2. The maximum atomic E-state index is 11.9. The minimum Gasteiger partial charge on any atom is -0.266 e. The molecule has 0 unspecified atom stereocenters. The Balaban J connectivity index is 2.74. The van der Waals surface area contributed by atoms with Gasteiger partial charge in [0.05, 0.1) is 11.5 Å². The van der Waals surface area contributed by atoms with Crippen LogP contribution in [0.5, 0.6) is 0 Å². The van der Waals surface area contributed by atoms with Gasteiger partial charge in [0.25, 0.3) is 10.1 Å². The lowest BCUT2D eigenvalue weighted by molar-refractivity contribution is 0.308. The van der Waals surface area contributed by atoms with Crippen LogP contribution < -0.4 is 0 Å². The molecule has 1 aliphatic heterocycles. The third kappa shape index (κ3) is 2.19. The molecule has 1 aromatic rings. The van der Waals surface area contributed by atoms with Gasteiger partial charge in [-0.25, -0.2) is 0 Å². The molecule has 3 nitrogen and oxygen atoms in total. The second-order valence-corrected chi connectivity index (χ2v) is 6.96. The van der Waals surface area contributed by atoms with Crippen molar-refractivity contribution in [3.63, 3.8) is 0 Å². The van der Waals surface area contributed by atoms with E-state index in [1.165, 1.54) is 11.1 Å². The van der Waals surface area contributed by atoms with E-state index in [0.717, 1.165) is 5.56 Å². The van der Waals surface area contributed by atoms with Gasteiger partial charge in [-0.2, -0.15) is 8.42 Å². The highest BCUT2D eigenvalue weighted by molar-refractivity contribution is 7.86. The molecule has 1 aliphatic rings. The predicted octanol–water partition coefficient (Wildman–Crippen LogP) is 3.19. The molecule has 0 radical (unpaired) electrons. The Morgan fingerprint density at radius 1 is 1.11 bits per heavy atom. The maximum Gasteiger partial charge on any atom is 0.297 e. The van der Waals surface area contributed by atoms with E-state index >= 15 is 0 Å². The molecule has 1 heterocycles. The zero-order valence-corrected chi connectivity index (χ0v) is 12.2. The summed E-state index contributed by atoms with van der Waals surface area (Å²) < 4.78 is 28.7. The summed E-state index contributed by atoms with van der Waals surface area (Å²) in [6, 6.07) is 3.64. The van der Waals surface area contributed by atoms with E-state index in [0.29, 0.717) is 23.2 Å². The molecule has 0 N–H and O–H groups in total. The molecule has 100 valence electrons. The van der Waals surface area contributed by atoms with E-state index in [2.05, 4.69) is 27.7 Å². The van der Waals surface area contributed by atoms with Crippen LogP contribution in [0, 0.1) is 0 Å². The van der Waals surface area contributed by atoms with Gasteiger partial charge in [-0.1, -0.05) is 33.8 Å². The van der Waals surface area contributed by atoms with Gasteiger partial charge in [-0.15, -0.1) is 0 Å². The van der Waals surface area contributed by atoms with Gasteiger partial charge < -0.3 is 0 Å². The Bertz CT molecular complexity index is 557. The summed E-state index contributed by atoms with van der Waals surface area (Å²) in [5.74, 6) is 0.726. The van der Waals surface area contributed by atoms with E-state index in [1.807, 2.05) is 6.07 Å². The van der Waals surface area contributed by atoms with Crippen molar-refractivity contribution >= 4 is 10.1 Å². The first kappa shape index (κ1) is 13.6. The van der Waals surface area contributed by atoms with Gasteiger partial charge >= 0.3 is 0 Å². The van der Waals surface area contributed by atoms with Crippen molar-refractivity contribution in [2.45, 2.75) is 50.8 Å². The van der Waals surface area contributed by atoms with Crippen molar-refractivity contribution < 1.29 is 12.6 Å². The van der Waals surface area contributed by atoms with Crippen molar-refractivity contribution in [3.05, 3.63) is 28.8 Å². The molecule has 0 aliphatic carbocycles. The summed E-state index contributed by atoms with van der Waals surface area (Å²) in [5.41, 5.74) is 3.40.